The number of nitriles is 1. The van der Waals surface area contributed by atoms with E-state index in [2.05, 4.69) is 10.3 Å². The molecule has 0 spiro atoms. The molecule has 1 aliphatic carbocycles. The molecule has 0 bridgehead atoms. The molecule has 0 aromatic carbocycles. The second-order valence-electron chi connectivity index (χ2n) is 5.24. The van der Waals surface area contributed by atoms with Gasteiger partial charge in [-0.25, -0.2) is 4.98 Å². The van der Waals surface area contributed by atoms with Crippen molar-refractivity contribution in [2.75, 3.05) is 11.9 Å². The maximum Gasteiger partial charge on any atom is 0.433 e. The van der Waals surface area contributed by atoms with Gasteiger partial charge in [0, 0.05) is 18.6 Å². The molecule has 8 heteroatoms. The molecule has 21 heavy (non-hydrogen) atoms. The van der Waals surface area contributed by atoms with Gasteiger partial charge in [-0.2, -0.15) is 18.4 Å². The lowest BCUT2D eigenvalue weighted by Gasteiger charge is -2.45. The van der Waals surface area contributed by atoms with Crippen LogP contribution in [-0.2, 0) is 10.9 Å². The highest BCUT2D eigenvalue weighted by Crippen LogP contribution is 2.39. The van der Waals surface area contributed by atoms with Crippen molar-refractivity contribution in [1.82, 2.24) is 4.98 Å². The van der Waals surface area contributed by atoms with Crippen molar-refractivity contribution in [3.05, 3.63) is 23.4 Å². The summed E-state index contributed by atoms with van der Waals surface area (Å²) in [5.41, 5.74) is 5.01. The fraction of sp³-hybridized carbons (Fsp3) is 0.538. The van der Waals surface area contributed by atoms with Gasteiger partial charge in [-0.15, -0.1) is 0 Å². The first-order valence-electron chi connectivity index (χ1n) is 6.54. The van der Waals surface area contributed by atoms with E-state index in [1.165, 1.54) is 0 Å². The molecule has 3 rings (SSSR count). The lowest BCUT2D eigenvalue weighted by atomic mass is 9.72. The van der Waals surface area contributed by atoms with E-state index in [1.54, 1.807) is 0 Å². The van der Waals surface area contributed by atoms with Crippen molar-refractivity contribution in [1.29, 1.82) is 5.26 Å². The molecule has 4 unspecified atom stereocenters. The first-order valence-corrected chi connectivity index (χ1v) is 6.54. The summed E-state index contributed by atoms with van der Waals surface area (Å²) in [6, 6.07) is 3.20. The zero-order valence-corrected chi connectivity index (χ0v) is 10.9. The number of alkyl halides is 3. The summed E-state index contributed by atoms with van der Waals surface area (Å²) in [5.74, 6) is 0.126. The number of aromatic nitrogens is 1. The van der Waals surface area contributed by atoms with Crippen molar-refractivity contribution < 1.29 is 17.9 Å². The Hall–Kier alpha value is -1.85. The third kappa shape index (κ3) is 2.32. The summed E-state index contributed by atoms with van der Waals surface area (Å²) < 4.78 is 43.6. The quantitative estimate of drug-likeness (QED) is 0.864. The Morgan fingerprint density at radius 1 is 1.43 bits per heavy atom. The second kappa shape index (κ2) is 4.86. The second-order valence-corrected chi connectivity index (χ2v) is 5.24. The molecule has 1 saturated carbocycles. The summed E-state index contributed by atoms with van der Waals surface area (Å²) in [7, 11) is 0. The van der Waals surface area contributed by atoms with E-state index in [4.69, 9.17) is 15.7 Å². The molecule has 1 aromatic heterocycles. The van der Waals surface area contributed by atoms with Crippen LogP contribution in [0.1, 0.15) is 17.7 Å². The number of rotatable bonds is 2. The first kappa shape index (κ1) is 14.1. The molecule has 1 aromatic rings. The van der Waals surface area contributed by atoms with Crippen LogP contribution in [0, 0.1) is 17.2 Å². The summed E-state index contributed by atoms with van der Waals surface area (Å²) >= 11 is 0. The van der Waals surface area contributed by atoms with Crippen LogP contribution in [0.4, 0.5) is 19.0 Å². The zero-order valence-electron chi connectivity index (χ0n) is 10.9. The van der Waals surface area contributed by atoms with Gasteiger partial charge in [-0.1, -0.05) is 0 Å². The molecule has 2 fully saturated rings. The molecule has 112 valence electrons. The molecule has 4 atom stereocenters. The van der Waals surface area contributed by atoms with Crippen LogP contribution < -0.4 is 11.1 Å². The number of nitrogens with zero attached hydrogens (tertiary/aromatic N) is 2. The number of nitrogens with two attached hydrogens (primary N) is 1. The molecule has 5 nitrogen and oxygen atoms in total. The highest BCUT2D eigenvalue weighted by Gasteiger charge is 2.52. The smallest absolute Gasteiger partial charge is 0.376 e. The van der Waals surface area contributed by atoms with Crippen molar-refractivity contribution in [3.8, 4) is 6.07 Å². The van der Waals surface area contributed by atoms with E-state index in [0.717, 1.165) is 18.6 Å². The first-order chi connectivity index (χ1) is 9.91. The maximum atomic E-state index is 12.7. The molecular weight excluding hydrogens is 285 g/mol. The predicted molar refractivity (Wildman–Crippen MR) is 67.2 cm³/mol. The molecule has 1 aliphatic heterocycles. The lowest BCUT2D eigenvalue weighted by molar-refractivity contribution is -0.141. The normalized spacial score (nSPS) is 31.2. The monoisotopic (exact) mass is 298 g/mol. The van der Waals surface area contributed by atoms with Crippen LogP contribution in [-0.4, -0.2) is 29.8 Å². The van der Waals surface area contributed by atoms with Gasteiger partial charge in [0.2, 0.25) is 0 Å². The van der Waals surface area contributed by atoms with Crippen LogP contribution in [0.3, 0.4) is 0 Å². The van der Waals surface area contributed by atoms with E-state index in [-0.39, 0.29) is 35.5 Å². The van der Waals surface area contributed by atoms with Gasteiger partial charge in [0.1, 0.15) is 17.6 Å². The number of anilines is 1. The predicted octanol–water partition coefficient (Wildman–Crippen LogP) is 1.50. The molecule has 2 heterocycles. The average molecular weight is 298 g/mol. The molecular formula is C13H13F3N4O. The van der Waals surface area contributed by atoms with Gasteiger partial charge in [0.05, 0.1) is 17.7 Å². The van der Waals surface area contributed by atoms with Crippen molar-refractivity contribution in [3.63, 3.8) is 0 Å². The zero-order chi connectivity index (χ0) is 15.2. The van der Waals surface area contributed by atoms with Crippen LogP contribution in [0.5, 0.6) is 0 Å². The number of ether oxygens (including phenoxy) is 1. The lowest BCUT2D eigenvalue weighted by Crippen LogP contribution is -2.65. The highest BCUT2D eigenvalue weighted by molar-refractivity contribution is 5.54. The van der Waals surface area contributed by atoms with Crippen LogP contribution >= 0.6 is 0 Å². The largest absolute Gasteiger partial charge is 0.433 e. The Balaban J connectivity index is 1.86. The third-order valence-electron chi connectivity index (χ3n) is 4.06. The van der Waals surface area contributed by atoms with Crippen LogP contribution in [0.2, 0.25) is 0 Å². The highest BCUT2D eigenvalue weighted by atomic mass is 19.4. The number of pyridine rings is 1. The molecule has 2 aliphatic rings. The van der Waals surface area contributed by atoms with E-state index in [0.29, 0.717) is 6.61 Å². The van der Waals surface area contributed by atoms with Gasteiger partial charge >= 0.3 is 6.18 Å². The van der Waals surface area contributed by atoms with Crippen molar-refractivity contribution in [2.24, 2.45) is 11.7 Å². The Kier molecular flexibility index (Phi) is 3.26. The summed E-state index contributed by atoms with van der Waals surface area (Å²) in [4.78, 5) is 3.52. The average Bonchev–Trinajstić information content (AvgIpc) is 2.88. The number of hydrogen-bond acceptors (Lipinski definition) is 5. The molecule has 3 N–H and O–H groups in total. The van der Waals surface area contributed by atoms with Gasteiger partial charge in [-0.05, 0) is 18.6 Å². The van der Waals surface area contributed by atoms with Crippen LogP contribution in [0.15, 0.2) is 12.1 Å². The summed E-state index contributed by atoms with van der Waals surface area (Å²) in [5, 5.41) is 11.8. The minimum absolute atomic E-state index is 0.0525. The summed E-state index contributed by atoms with van der Waals surface area (Å²) in [6.45, 7) is 0.600. The van der Waals surface area contributed by atoms with Gasteiger partial charge in [0.25, 0.3) is 0 Å². The molecule has 0 amide bonds. The maximum absolute atomic E-state index is 12.7. The molecule has 1 saturated heterocycles. The minimum Gasteiger partial charge on any atom is -0.376 e. The third-order valence-corrected chi connectivity index (χ3v) is 4.06. The summed E-state index contributed by atoms with van der Waals surface area (Å²) in [6.07, 6.45) is -3.83. The van der Waals surface area contributed by atoms with Gasteiger partial charge in [-0.3, -0.25) is 0 Å². The van der Waals surface area contributed by atoms with E-state index in [9.17, 15) is 13.2 Å². The topological polar surface area (TPSA) is 84.0 Å². The number of nitrogens with one attached hydrogen (secondary N) is 1. The van der Waals surface area contributed by atoms with Crippen molar-refractivity contribution in [2.45, 2.75) is 30.8 Å². The number of fused-ring (bicyclic) bond motifs is 1. The van der Waals surface area contributed by atoms with Crippen LogP contribution in [0.25, 0.3) is 0 Å². The van der Waals surface area contributed by atoms with Gasteiger partial charge in [0.15, 0.2) is 0 Å². The Bertz CT molecular complexity index is 598. The number of hydrogen-bond donors (Lipinski definition) is 2. The number of halogens is 3. The Morgan fingerprint density at radius 3 is 2.86 bits per heavy atom. The Labute approximate surface area is 118 Å². The fourth-order valence-corrected chi connectivity index (χ4v) is 2.90. The SMILES string of the molecule is N#Cc1ccc(C(F)(F)F)nc1NC1C(N)C2CCOC21. The van der Waals surface area contributed by atoms with Crippen molar-refractivity contribution >= 4 is 5.82 Å². The van der Waals surface area contributed by atoms with E-state index < -0.39 is 11.9 Å². The van der Waals surface area contributed by atoms with Gasteiger partial charge < -0.3 is 15.8 Å². The molecule has 0 radical (unpaired) electrons. The van der Waals surface area contributed by atoms with E-state index in [1.807, 2.05) is 6.07 Å². The minimum atomic E-state index is -4.56. The van der Waals surface area contributed by atoms with E-state index >= 15 is 0 Å². The Morgan fingerprint density at radius 2 is 2.19 bits per heavy atom. The fourth-order valence-electron chi connectivity index (χ4n) is 2.90. The standard InChI is InChI=1S/C13H13F3N4O/c14-13(15,16)8-2-1-6(5-17)12(19-8)20-10-9(18)7-3-4-21-11(7)10/h1-2,7,9-11H,3-4,18H2,(H,19,20).